The maximum Gasteiger partial charge on any atom is 0.115 e. The predicted octanol–water partition coefficient (Wildman–Crippen LogP) is 5.41. The van der Waals surface area contributed by atoms with E-state index in [9.17, 15) is 5.11 Å². The molecule has 1 aliphatic heterocycles. The SMILES string of the molecule is Cl.Oc1cccc([C@]23CCC[C@H](C2)N(C/C=C\c2ccccc2)CC3)c1. The van der Waals surface area contributed by atoms with E-state index in [1.807, 2.05) is 12.1 Å². The molecule has 2 aliphatic rings. The van der Waals surface area contributed by atoms with Crippen LogP contribution in [0.5, 0.6) is 5.75 Å². The first-order valence-corrected chi connectivity index (χ1v) is 9.50. The highest BCUT2D eigenvalue weighted by Crippen LogP contribution is 2.47. The van der Waals surface area contributed by atoms with E-state index in [0.717, 1.165) is 13.1 Å². The van der Waals surface area contributed by atoms with Crippen molar-refractivity contribution in [1.29, 1.82) is 0 Å². The molecule has 2 atom stereocenters. The Morgan fingerprint density at radius 1 is 1.08 bits per heavy atom. The van der Waals surface area contributed by atoms with Gasteiger partial charge in [0.2, 0.25) is 0 Å². The second-order valence-corrected chi connectivity index (χ2v) is 7.64. The van der Waals surface area contributed by atoms with Gasteiger partial charge in [-0.3, -0.25) is 4.90 Å². The molecule has 2 nitrogen and oxygen atoms in total. The molecule has 138 valence electrons. The quantitative estimate of drug-likeness (QED) is 0.778. The number of phenolic OH excluding ortho intramolecular Hbond substituents is 1. The standard InChI is InChI=1S/C23H27NO.ClH/c25-22-12-4-10-20(17-22)23-13-5-11-21(18-23)24(16-14-23)15-6-9-19-7-2-1-3-8-19;/h1-4,6-10,12,17,21,25H,5,11,13-16,18H2;1H/b9-6-;/t21-,23+;/m1./s1. The lowest BCUT2D eigenvalue weighted by atomic mass is 9.63. The average Bonchev–Trinajstić information content (AvgIpc) is 2.65. The first kappa shape index (κ1) is 19.0. The molecule has 2 bridgehead atoms. The molecule has 0 spiro atoms. The zero-order chi connectivity index (χ0) is 17.1. The Bertz CT molecular complexity index is 745. The van der Waals surface area contributed by atoms with Crippen molar-refractivity contribution in [2.75, 3.05) is 13.1 Å². The molecule has 0 aromatic heterocycles. The van der Waals surface area contributed by atoms with Crippen LogP contribution in [0.2, 0.25) is 0 Å². The molecular formula is C23H28ClNO. The zero-order valence-corrected chi connectivity index (χ0v) is 16.0. The van der Waals surface area contributed by atoms with Gasteiger partial charge in [0.05, 0.1) is 0 Å². The number of piperidine rings is 1. The average molecular weight is 370 g/mol. The molecule has 2 aromatic carbocycles. The molecule has 0 unspecified atom stereocenters. The van der Waals surface area contributed by atoms with Gasteiger partial charge in [-0.1, -0.05) is 61.0 Å². The van der Waals surface area contributed by atoms with E-state index in [1.54, 1.807) is 6.07 Å². The number of fused-ring (bicyclic) bond motifs is 2. The smallest absolute Gasteiger partial charge is 0.115 e. The van der Waals surface area contributed by atoms with Gasteiger partial charge in [0.1, 0.15) is 5.75 Å². The minimum absolute atomic E-state index is 0. The fourth-order valence-corrected chi connectivity index (χ4v) is 4.78. The summed E-state index contributed by atoms with van der Waals surface area (Å²) in [5.41, 5.74) is 2.90. The first-order chi connectivity index (χ1) is 12.3. The third-order valence-corrected chi connectivity index (χ3v) is 6.12. The van der Waals surface area contributed by atoms with Gasteiger partial charge in [0, 0.05) is 12.6 Å². The lowest BCUT2D eigenvalue weighted by molar-refractivity contribution is 0.0606. The number of aromatic hydroxyl groups is 1. The van der Waals surface area contributed by atoms with Gasteiger partial charge in [-0.05, 0) is 60.9 Å². The van der Waals surface area contributed by atoms with Crippen LogP contribution in [0, 0.1) is 0 Å². The van der Waals surface area contributed by atoms with Crippen LogP contribution in [0.3, 0.4) is 0 Å². The number of phenols is 1. The Morgan fingerprint density at radius 3 is 2.73 bits per heavy atom. The molecule has 3 heteroatoms. The van der Waals surface area contributed by atoms with Crippen LogP contribution in [0.4, 0.5) is 0 Å². The van der Waals surface area contributed by atoms with Gasteiger partial charge in [-0.2, -0.15) is 0 Å². The maximum absolute atomic E-state index is 9.89. The Labute approximate surface area is 163 Å². The lowest BCUT2D eigenvalue weighted by Gasteiger charge is -2.50. The van der Waals surface area contributed by atoms with E-state index < -0.39 is 0 Å². The lowest BCUT2D eigenvalue weighted by Crippen LogP contribution is -2.51. The van der Waals surface area contributed by atoms with Crippen molar-refractivity contribution in [2.24, 2.45) is 0 Å². The Kier molecular flexibility index (Phi) is 6.05. The topological polar surface area (TPSA) is 23.5 Å². The summed E-state index contributed by atoms with van der Waals surface area (Å²) in [6.07, 6.45) is 10.8. The van der Waals surface area contributed by atoms with Crippen molar-refractivity contribution in [3.8, 4) is 5.75 Å². The summed E-state index contributed by atoms with van der Waals surface area (Å²) in [5, 5.41) is 9.89. The fourth-order valence-electron chi connectivity index (χ4n) is 4.78. The minimum Gasteiger partial charge on any atom is -0.508 e. The summed E-state index contributed by atoms with van der Waals surface area (Å²) in [6.45, 7) is 2.19. The number of rotatable bonds is 4. The van der Waals surface area contributed by atoms with Crippen LogP contribution in [0.15, 0.2) is 60.7 Å². The van der Waals surface area contributed by atoms with Crippen molar-refractivity contribution in [2.45, 2.75) is 43.6 Å². The number of likely N-dealkylation sites (tertiary alicyclic amines) is 1. The van der Waals surface area contributed by atoms with E-state index in [-0.39, 0.29) is 17.8 Å². The Morgan fingerprint density at radius 2 is 1.92 bits per heavy atom. The van der Waals surface area contributed by atoms with E-state index in [4.69, 9.17) is 0 Å². The monoisotopic (exact) mass is 369 g/mol. The second-order valence-electron chi connectivity index (χ2n) is 7.64. The third kappa shape index (κ3) is 3.97. The van der Waals surface area contributed by atoms with E-state index in [1.165, 1.54) is 43.2 Å². The van der Waals surface area contributed by atoms with Crippen molar-refractivity contribution < 1.29 is 5.11 Å². The number of nitrogens with zero attached hydrogens (tertiary/aromatic N) is 1. The first-order valence-electron chi connectivity index (χ1n) is 9.50. The van der Waals surface area contributed by atoms with E-state index >= 15 is 0 Å². The summed E-state index contributed by atoms with van der Waals surface area (Å²) in [4.78, 5) is 2.65. The molecule has 26 heavy (non-hydrogen) atoms. The van der Waals surface area contributed by atoms with Gasteiger partial charge in [-0.15, -0.1) is 12.4 Å². The summed E-state index contributed by atoms with van der Waals surface area (Å²) in [6, 6.07) is 19.2. The second kappa shape index (κ2) is 8.28. The molecule has 1 heterocycles. The van der Waals surface area contributed by atoms with E-state index in [0.29, 0.717) is 11.8 Å². The predicted molar refractivity (Wildman–Crippen MR) is 111 cm³/mol. The number of benzene rings is 2. The highest BCUT2D eigenvalue weighted by molar-refractivity contribution is 5.85. The van der Waals surface area contributed by atoms with Gasteiger partial charge in [0.25, 0.3) is 0 Å². The van der Waals surface area contributed by atoms with Crippen LogP contribution in [-0.4, -0.2) is 29.1 Å². The summed E-state index contributed by atoms with van der Waals surface area (Å²) in [5.74, 6) is 0.405. The zero-order valence-electron chi connectivity index (χ0n) is 15.2. The summed E-state index contributed by atoms with van der Waals surface area (Å²) < 4.78 is 0. The maximum atomic E-state index is 9.89. The Balaban J connectivity index is 0.00000196. The minimum atomic E-state index is 0. The van der Waals surface area contributed by atoms with Crippen molar-refractivity contribution in [1.82, 2.24) is 4.90 Å². The fraction of sp³-hybridized carbons (Fsp3) is 0.391. The molecule has 1 saturated carbocycles. The van der Waals surface area contributed by atoms with Crippen molar-refractivity contribution >= 4 is 18.5 Å². The molecule has 2 fully saturated rings. The molecule has 2 aromatic rings. The molecule has 0 amide bonds. The van der Waals surface area contributed by atoms with Crippen LogP contribution < -0.4 is 0 Å². The molecule has 1 aliphatic carbocycles. The van der Waals surface area contributed by atoms with Gasteiger partial charge < -0.3 is 5.11 Å². The van der Waals surface area contributed by atoms with Crippen LogP contribution in [0.1, 0.15) is 43.2 Å². The van der Waals surface area contributed by atoms with Gasteiger partial charge in [0.15, 0.2) is 0 Å². The third-order valence-electron chi connectivity index (χ3n) is 6.12. The van der Waals surface area contributed by atoms with Crippen LogP contribution in [0.25, 0.3) is 6.08 Å². The summed E-state index contributed by atoms with van der Waals surface area (Å²) in [7, 11) is 0. The Hall–Kier alpha value is -1.77. The number of hydrogen-bond donors (Lipinski definition) is 1. The van der Waals surface area contributed by atoms with E-state index in [2.05, 4.69) is 53.5 Å². The van der Waals surface area contributed by atoms with Gasteiger partial charge >= 0.3 is 0 Å². The number of hydrogen-bond acceptors (Lipinski definition) is 2. The van der Waals surface area contributed by atoms with Crippen LogP contribution in [-0.2, 0) is 5.41 Å². The summed E-state index contributed by atoms with van der Waals surface area (Å²) >= 11 is 0. The highest BCUT2D eigenvalue weighted by Gasteiger charge is 2.43. The van der Waals surface area contributed by atoms with Gasteiger partial charge in [-0.25, -0.2) is 0 Å². The molecule has 1 N–H and O–H groups in total. The molecular weight excluding hydrogens is 342 g/mol. The van der Waals surface area contributed by atoms with Crippen molar-refractivity contribution in [3.05, 3.63) is 71.8 Å². The largest absolute Gasteiger partial charge is 0.508 e. The normalized spacial score (nSPS) is 25.8. The molecule has 1 saturated heterocycles. The number of halogens is 1. The van der Waals surface area contributed by atoms with Crippen molar-refractivity contribution in [3.63, 3.8) is 0 Å². The molecule has 0 radical (unpaired) electrons. The highest BCUT2D eigenvalue weighted by atomic mass is 35.5. The van der Waals surface area contributed by atoms with Crippen LogP contribution >= 0.6 is 12.4 Å². The molecule has 4 rings (SSSR count).